The minimum atomic E-state index is -4.46. The summed E-state index contributed by atoms with van der Waals surface area (Å²) in [6.45, 7) is 0.121. The molecule has 1 fully saturated rings. The van der Waals surface area contributed by atoms with Gasteiger partial charge in [0.05, 0.1) is 18.7 Å². The molecule has 136 valence electrons. The Kier molecular flexibility index (Phi) is 5.80. The molecule has 1 aliphatic rings. The van der Waals surface area contributed by atoms with Gasteiger partial charge in [-0.05, 0) is 31.0 Å². The molecule has 25 heavy (non-hydrogen) atoms. The van der Waals surface area contributed by atoms with Crippen molar-refractivity contribution in [2.45, 2.75) is 31.6 Å². The van der Waals surface area contributed by atoms with Gasteiger partial charge in [-0.3, -0.25) is 4.79 Å². The average Bonchev–Trinajstić information content (AvgIpc) is 3.29. The lowest BCUT2D eigenvalue weighted by atomic mass is 10.1. The van der Waals surface area contributed by atoms with Crippen molar-refractivity contribution in [1.29, 1.82) is 0 Å². The first kappa shape index (κ1) is 19.3. The molecule has 0 atom stereocenters. The van der Waals surface area contributed by atoms with Gasteiger partial charge >= 0.3 is 6.18 Å². The highest BCUT2D eigenvalue weighted by Crippen LogP contribution is 2.38. The summed E-state index contributed by atoms with van der Waals surface area (Å²) in [4.78, 5) is 13.5. The van der Waals surface area contributed by atoms with E-state index in [0.717, 1.165) is 18.9 Å². The van der Waals surface area contributed by atoms with Crippen molar-refractivity contribution in [2.75, 3.05) is 6.54 Å². The van der Waals surface area contributed by atoms with Crippen LogP contribution in [0.3, 0.4) is 0 Å². The molecule has 0 radical (unpaired) electrons. The van der Waals surface area contributed by atoms with Crippen LogP contribution in [0, 0.1) is 0 Å². The maximum absolute atomic E-state index is 13.1. The van der Waals surface area contributed by atoms with Crippen LogP contribution in [0.2, 0.25) is 0 Å². The zero-order valence-corrected chi connectivity index (χ0v) is 14.1. The number of amides is 1. The highest BCUT2D eigenvalue weighted by atomic mass is 35.5. The number of carbonyl (C=O) groups excluding carboxylic acids is 1. The molecule has 1 heterocycles. The summed E-state index contributed by atoms with van der Waals surface area (Å²) in [5, 5.41) is 0. The van der Waals surface area contributed by atoms with E-state index in [0.29, 0.717) is 5.76 Å². The second-order valence-electron chi connectivity index (χ2n) is 5.77. The van der Waals surface area contributed by atoms with Gasteiger partial charge in [-0.1, -0.05) is 18.2 Å². The summed E-state index contributed by atoms with van der Waals surface area (Å²) >= 11 is 0. The fraction of sp³-hybridized carbons (Fsp3) is 0.353. The fourth-order valence-electron chi connectivity index (χ4n) is 2.65. The van der Waals surface area contributed by atoms with Crippen LogP contribution < -0.4 is 5.73 Å². The number of rotatable bonds is 5. The molecule has 0 bridgehead atoms. The number of furan rings is 1. The van der Waals surface area contributed by atoms with Gasteiger partial charge in [0.1, 0.15) is 11.5 Å². The molecule has 1 aromatic carbocycles. The van der Waals surface area contributed by atoms with Gasteiger partial charge in [-0.25, -0.2) is 0 Å². The molecule has 8 heteroatoms. The molecule has 0 aliphatic heterocycles. The van der Waals surface area contributed by atoms with Gasteiger partial charge < -0.3 is 15.1 Å². The third-order valence-corrected chi connectivity index (χ3v) is 3.97. The molecule has 0 spiro atoms. The van der Waals surface area contributed by atoms with E-state index in [1.165, 1.54) is 24.3 Å². The molecule has 4 nitrogen and oxygen atoms in total. The van der Waals surface area contributed by atoms with Crippen LogP contribution in [0.15, 0.2) is 40.8 Å². The quantitative estimate of drug-likeness (QED) is 0.865. The van der Waals surface area contributed by atoms with Crippen LogP contribution >= 0.6 is 12.4 Å². The van der Waals surface area contributed by atoms with Gasteiger partial charge in [0, 0.05) is 11.6 Å². The zero-order valence-electron chi connectivity index (χ0n) is 13.3. The number of hydrogen-bond donors (Lipinski definition) is 1. The second kappa shape index (κ2) is 7.49. The van der Waals surface area contributed by atoms with E-state index < -0.39 is 11.7 Å². The Balaban J connectivity index is 0.00000225. The molecule has 1 amide bonds. The van der Waals surface area contributed by atoms with E-state index in [-0.39, 0.29) is 48.8 Å². The normalized spacial score (nSPS) is 14.1. The molecule has 1 saturated carbocycles. The smallest absolute Gasteiger partial charge is 0.417 e. The second-order valence-corrected chi connectivity index (χ2v) is 5.77. The molecule has 0 unspecified atom stereocenters. The molecule has 0 saturated heterocycles. The Hall–Kier alpha value is -1.99. The predicted molar refractivity (Wildman–Crippen MR) is 89.0 cm³/mol. The van der Waals surface area contributed by atoms with Crippen molar-refractivity contribution in [3.63, 3.8) is 0 Å². The molecule has 2 aromatic rings. The Labute approximate surface area is 149 Å². The van der Waals surface area contributed by atoms with Gasteiger partial charge in [-0.15, -0.1) is 12.4 Å². The molecule has 1 aliphatic carbocycles. The maximum Gasteiger partial charge on any atom is 0.417 e. The predicted octanol–water partition coefficient (Wildman–Crippen LogP) is 3.84. The number of hydrogen-bond acceptors (Lipinski definition) is 3. The standard InChI is InChI=1S/C17H17F3N2O2.ClH/c18-17(19,20)14-4-2-1-3-13(14)15-8-7-12(24-15)10-22(11-5-6-11)16(23)9-21;/h1-4,7-8,11H,5-6,9-10,21H2;1H. The van der Waals surface area contributed by atoms with Crippen LogP contribution in [-0.2, 0) is 17.5 Å². The van der Waals surface area contributed by atoms with Crippen molar-refractivity contribution in [3.8, 4) is 11.3 Å². The number of alkyl halides is 3. The minimum Gasteiger partial charge on any atom is -0.459 e. The number of nitrogens with two attached hydrogens (primary N) is 1. The Bertz CT molecular complexity index is 741. The lowest BCUT2D eigenvalue weighted by molar-refractivity contribution is -0.137. The molecule has 1 aromatic heterocycles. The first-order chi connectivity index (χ1) is 11.4. The summed E-state index contributed by atoms with van der Waals surface area (Å²) in [6, 6.07) is 8.50. The van der Waals surface area contributed by atoms with Crippen LogP contribution in [-0.4, -0.2) is 23.4 Å². The lowest BCUT2D eigenvalue weighted by Gasteiger charge is -2.20. The highest BCUT2D eigenvalue weighted by Gasteiger charge is 2.35. The first-order valence-corrected chi connectivity index (χ1v) is 7.65. The van der Waals surface area contributed by atoms with Gasteiger partial charge in [0.2, 0.25) is 5.91 Å². The highest BCUT2D eigenvalue weighted by molar-refractivity contribution is 5.85. The maximum atomic E-state index is 13.1. The SMILES string of the molecule is Cl.NCC(=O)N(Cc1ccc(-c2ccccc2C(F)(F)F)o1)C1CC1. The Morgan fingerprint density at radius 3 is 2.48 bits per heavy atom. The van der Waals surface area contributed by atoms with Crippen molar-refractivity contribution < 1.29 is 22.4 Å². The van der Waals surface area contributed by atoms with Crippen LogP contribution in [0.4, 0.5) is 13.2 Å². The summed E-state index contributed by atoms with van der Waals surface area (Å²) in [5.41, 5.74) is 4.65. The van der Waals surface area contributed by atoms with Crippen molar-refractivity contribution in [2.24, 2.45) is 5.73 Å². The molecular weight excluding hydrogens is 357 g/mol. The summed E-state index contributed by atoms with van der Waals surface area (Å²) in [7, 11) is 0. The number of halogens is 4. The molecule has 3 rings (SSSR count). The topological polar surface area (TPSA) is 59.5 Å². The van der Waals surface area contributed by atoms with E-state index in [2.05, 4.69) is 0 Å². The minimum absolute atomic E-state index is 0. The summed E-state index contributed by atoms with van der Waals surface area (Å²) in [5.74, 6) is 0.385. The fourth-order valence-corrected chi connectivity index (χ4v) is 2.65. The van der Waals surface area contributed by atoms with Crippen LogP contribution in [0.25, 0.3) is 11.3 Å². The van der Waals surface area contributed by atoms with Crippen LogP contribution in [0.1, 0.15) is 24.2 Å². The van der Waals surface area contributed by atoms with Gasteiger partial charge in [0.25, 0.3) is 0 Å². The number of nitrogens with zero attached hydrogens (tertiary/aromatic N) is 1. The van der Waals surface area contributed by atoms with Gasteiger partial charge in [0.15, 0.2) is 0 Å². The monoisotopic (exact) mass is 374 g/mol. The molecule has 2 N–H and O–H groups in total. The average molecular weight is 375 g/mol. The van der Waals surface area contributed by atoms with E-state index in [4.69, 9.17) is 10.2 Å². The van der Waals surface area contributed by atoms with Crippen molar-refractivity contribution in [1.82, 2.24) is 4.90 Å². The van der Waals surface area contributed by atoms with Crippen LogP contribution in [0.5, 0.6) is 0 Å². The lowest BCUT2D eigenvalue weighted by Crippen LogP contribution is -2.37. The van der Waals surface area contributed by atoms with Crippen molar-refractivity contribution in [3.05, 3.63) is 47.7 Å². The van der Waals surface area contributed by atoms with E-state index in [1.807, 2.05) is 0 Å². The molecular formula is C17H18ClF3N2O2. The summed E-state index contributed by atoms with van der Waals surface area (Å²) < 4.78 is 44.9. The van der Waals surface area contributed by atoms with E-state index >= 15 is 0 Å². The Morgan fingerprint density at radius 2 is 1.88 bits per heavy atom. The third kappa shape index (κ3) is 4.35. The zero-order chi connectivity index (χ0) is 17.3. The van der Waals surface area contributed by atoms with E-state index in [1.54, 1.807) is 11.0 Å². The number of benzene rings is 1. The van der Waals surface area contributed by atoms with Crippen molar-refractivity contribution >= 4 is 18.3 Å². The third-order valence-electron chi connectivity index (χ3n) is 3.97. The number of carbonyl (C=O) groups is 1. The Morgan fingerprint density at radius 1 is 1.20 bits per heavy atom. The largest absolute Gasteiger partial charge is 0.459 e. The first-order valence-electron chi connectivity index (χ1n) is 7.65. The van der Waals surface area contributed by atoms with E-state index in [9.17, 15) is 18.0 Å². The summed E-state index contributed by atoms with van der Waals surface area (Å²) in [6.07, 6.45) is -2.63. The van der Waals surface area contributed by atoms with Gasteiger partial charge in [-0.2, -0.15) is 13.2 Å².